The number of fused-ring (bicyclic) bond motifs is 1. The Morgan fingerprint density at radius 2 is 1.66 bits per heavy atom. The van der Waals surface area contributed by atoms with Crippen molar-refractivity contribution in [1.29, 1.82) is 0 Å². The van der Waals surface area contributed by atoms with Gasteiger partial charge in [-0.25, -0.2) is 23.6 Å². The first-order valence-corrected chi connectivity index (χ1v) is 15.0. The number of aromatic nitrogens is 2. The van der Waals surface area contributed by atoms with E-state index in [4.69, 9.17) is 23.9 Å². The Morgan fingerprint density at radius 1 is 0.957 bits per heavy atom. The number of hydrogen-bond acceptors (Lipinski definition) is 9. The summed E-state index contributed by atoms with van der Waals surface area (Å²) in [5.74, 6) is 0.981. The highest BCUT2D eigenvalue weighted by Gasteiger charge is 2.33. The number of carbonyl (C=O) groups is 2. The van der Waals surface area contributed by atoms with Crippen molar-refractivity contribution in [2.75, 3.05) is 69.3 Å². The molecule has 1 aliphatic rings. The third-order valence-corrected chi connectivity index (χ3v) is 7.87. The SMILES string of the molecule is CCOC(=O)N1CCN(n2c(C(C)N(C(=O)Nc3ccc(F)cc3)c3ccc(OC)cc3OC)nc3c(OC)cccc3c2=O)CC1. The Kier molecular flexibility index (Phi) is 9.97. The predicted molar refractivity (Wildman–Crippen MR) is 175 cm³/mol. The van der Waals surface area contributed by atoms with E-state index in [1.165, 1.54) is 55.2 Å². The van der Waals surface area contributed by atoms with E-state index in [0.717, 1.165) is 0 Å². The molecule has 1 fully saturated rings. The maximum absolute atomic E-state index is 14.3. The number of urea groups is 1. The summed E-state index contributed by atoms with van der Waals surface area (Å²) in [5, 5.41) is 4.94. The maximum Gasteiger partial charge on any atom is 0.409 e. The summed E-state index contributed by atoms with van der Waals surface area (Å²) in [5.41, 5.74) is 0.653. The molecule has 4 aromatic rings. The van der Waals surface area contributed by atoms with Crippen molar-refractivity contribution >= 4 is 34.4 Å². The molecule has 3 aromatic carbocycles. The summed E-state index contributed by atoms with van der Waals surface area (Å²) in [7, 11) is 4.48. The fraction of sp³-hybridized carbons (Fsp3) is 0.333. The number of halogens is 1. The van der Waals surface area contributed by atoms with Crippen LogP contribution in [0, 0.1) is 5.82 Å². The first-order chi connectivity index (χ1) is 22.7. The number of nitrogens with one attached hydrogen (secondary N) is 1. The number of amides is 3. The minimum Gasteiger partial charge on any atom is -0.497 e. The molecule has 3 amide bonds. The molecule has 0 bridgehead atoms. The fourth-order valence-corrected chi connectivity index (χ4v) is 5.50. The van der Waals surface area contributed by atoms with Gasteiger partial charge in [0.25, 0.3) is 5.56 Å². The number of anilines is 2. The second-order valence-electron chi connectivity index (χ2n) is 10.6. The maximum atomic E-state index is 14.3. The van der Waals surface area contributed by atoms with Gasteiger partial charge in [-0.1, -0.05) is 6.07 Å². The second kappa shape index (κ2) is 14.3. The van der Waals surface area contributed by atoms with Gasteiger partial charge < -0.3 is 34.2 Å². The number of para-hydroxylation sites is 1. The van der Waals surface area contributed by atoms with Gasteiger partial charge in [0.2, 0.25) is 0 Å². The van der Waals surface area contributed by atoms with E-state index in [1.807, 2.05) is 0 Å². The van der Waals surface area contributed by atoms with Crippen molar-refractivity contribution in [2.24, 2.45) is 0 Å². The average molecular weight is 649 g/mol. The highest BCUT2D eigenvalue weighted by molar-refractivity contribution is 6.03. The minimum absolute atomic E-state index is 0.226. The average Bonchev–Trinajstić information content (AvgIpc) is 3.09. The van der Waals surface area contributed by atoms with Gasteiger partial charge >= 0.3 is 12.1 Å². The van der Waals surface area contributed by atoms with Crippen LogP contribution in [0.5, 0.6) is 17.2 Å². The number of carbonyl (C=O) groups excluding carboxylic acids is 2. The zero-order valence-corrected chi connectivity index (χ0v) is 26.9. The van der Waals surface area contributed by atoms with E-state index in [0.29, 0.717) is 65.7 Å². The molecular weight excluding hydrogens is 611 g/mol. The molecule has 1 aliphatic heterocycles. The monoisotopic (exact) mass is 648 g/mol. The molecule has 14 heteroatoms. The van der Waals surface area contributed by atoms with E-state index in [2.05, 4.69) is 5.32 Å². The second-order valence-corrected chi connectivity index (χ2v) is 10.6. The van der Waals surface area contributed by atoms with Crippen molar-refractivity contribution in [3.63, 3.8) is 0 Å². The Morgan fingerprint density at radius 3 is 2.30 bits per heavy atom. The van der Waals surface area contributed by atoms with Crippen LogP contribution >= 0.6 is 0 Å². The first-order valence-electron chi connectivity index (χ1n) is 15.0. The predicted octanol–water partition coefficient (Wildman–Crippen LogP) is 4.77. The molecular formula is C33H37FN6O7. The summed E-state index contributed by atoms with van der Waals surface area (Å²) in [6.07, 6.45) is -0.426. The molecule has 1 saturated heterocycles. The van der Waals surface area contributed by atoms with Crippen LogP contribution in [0.15, 0.2) is 65.5 Å². The molecule has 2 heterocycles. The van der Waals surface area contributed by atoms with Crippen molar-refractivity contribution < 1.29 is 32.9 Å². The fourth-order valence-electron chi connectivity index (χ4n) is 5.50. The van der Waals surface area contributed by atoms with Crippen LogP contribution < -0.4 is 35.0 Å². The third kappa shape index (κ3) is 6.71. The Bertz CT molecular complexity index is 1810. The molecule has 248 valence electrons. The van der Waals surface area contributed by atoms with Gasteiger partial charge in [-0.2, -0.15) is 0 Å². The number of nitrogens with zero attached hydrogens (tertiary/aromatic N) is 5. The number of hydrogen-bond donors (Lipinski definition) is 1. The lowest BCUT2D eigenvalue weighted by Crippen LogP contribution is -2.57. The van der Waals surface area contributed by atoms with Crippen molar-refractivity contribution in [3.8, 4) is 17.2 Å². The van der Waals surface area contributed by atoms with Crippen LogP contribution in [0.4, 0.5) is 25.4 Å². The minimum atomic E-state index is -0.900. The number of ether oxygens (including phenoxy) is 4. The molecule has 13 nitrogen and oxygen atoms in total. The van der Waals surface area contributed by atoms with Crippen LogP contribution in [-0.2, 0) is 4.74 Å². The molecule has 0 spiro atoms. The summed E-state index contributed by atoms with van der Waals surface area (Å²) < 4.78 is 37.0. The number of methoxy groups -OCH3 is 3. The van der Waals surface area contributed by atoms with Crippen LogP contribution in [-0.4, -0.2) is 80.8 Å². The molecule has 47 heavy (non-hydrogen) atoms. The molecule has 1 N–H and O–H groups in total. The van der Waals surface area contributed by atoms with Gasteiger partial charge in [0.1, 0.15) is 28.6 Å². The molecule has 5 rings (SSSR count). The molecule has 0 radical (unpaired) electrons. The first kappa shape index (κ1) is 32.9. The van der Waals surface area contributed by atoms with Gasteiger partial charge in [-0.05, 0) is 62.4 Å². The number of rotatable bonds is 9. The largest absolute Gasteiger partial charge is 0.497 e. The topological polar surface area (TPSA) is 128 Å². The lowest BCUT2D eigenvalue weighted by Gasteiger charge is -2.39. The van der Waals surface area contributed by atoms with Crippen molar-refractivity contribution in [1.82, 2.24) is 14.6 Å². The number of piperazine rings is 1. The van der Waals surface area contributed by atoms with Gasteiger partial charge in [0, 0.05) is 24.8 Å². The highest BCUT2D eigenvalue weighted by atomic mass is 19.1. The van der Waals surface area contributed by atoms with Gasteiger partial charge in [-0.15, -0.1) is 0 Å². The molecule has 1 aromatic heterocycles. The van der Waals surface area contributed by atoms with E-state index >= 15 is 0 Å². The quantitative estimate of drug-likeness (QED) is 0.273. The summed E-state index contributed by atoms with van der Waals surface area (Å²) in [4.78, 5) is 48.9. The van der Waals surface area contributed by atoms with Crippen molar-refractivity contribution in [3.05, 3.63) is 82.7 Å². The third-order valence-electron chi connectivity index (χ3n) is 7.87. The zero-order chi connectivity index (χ0) is 33.7. The molecule has 1 atom stereocenters. The standard InChI is InChI=1S/C33H37FN6O7/c1-6-47-33(43)37-16-18-38(19-17-37)40-30(36-29-25(31(40)41)8-7-9-27(29)45-4)21(2)39(26-15-14-24(44-3)20-28(26)46-5)32(42)35-23-12-10-22(34)11-13-23/h7-15,20-21H,6,16-19H2,1-5H3,(H,35,42). The molecule has 1 unspecified atom stereocenters. The van der Waals surface area contributed by atoms with Crippen molar-refractivity contribution in [2.45, 2.75) is 19.9 Å². The van der Waals surface area contributed by atoms with E-state index in [-0.39, 0.29) is 18.0 Å². The van der Waals surface area contributed by atoms with E-state index in [1.54, 1.807) is 60.2 Å². The van der Waals surface area contributed by atoms with E-state index < -0.39 is 24.0 Å². The Hall–Kier alpha value is -5.53. The normalized spacial score (nSPS) is 13.6. The van der Waals surface area contributed by atoms with Gasteiger partial charge in [0.05, 0.1) is 58.1 Å². The van der Waals surface area contributed by atoms with Crippen LogP contribution in [0.1, 0.15) is 25.7 Å². The molecule has 0 aliphatic carbocycles. The van der Waals surface area contributed by atoms with Crippen LogP contribution in [0.3, 0.4) is 0 Å². The zero-order valence-electron chi connectivity index (χ0n) is 26.9. The van der Waals surface area contributed by atoms with E-state index in [9.17, 15) is 18.8 Å². The summed E-state index contributed by atoms with van der Waals surface area (Å²) in [6, 6.07) is 13.9. The van der Waals surface area contributed by atoms with Gasteiger partial charge in [-0.3, -0.25) is 9.69 Å². The Labute approximate surface area is 271 Å². The lowest BCUT2D eigenvalue weighted by molar-refractivity contribution is 0.102. The number of benzene rings is 3. The summed E-state index contributed by atoms with van der Waals surface area (Å²) in [6.45, 7) is 4.93. The summed E-state index contributed by atoms with van der Waals surface area (Å²) >= 11 is 0. The van der Waals surface area contributed by atoms with Crippen LogP contribution in [0.25, 0.3) is 10.9 Å². The highest BCUT2D eigenvalue weighted by Crippen LogP contribution is 2.38. The lowest BCUT2D eigenvalue weighted by atomic mass is 10.1. The van der Waals surface area contributed by atoms with Gasteiger partial charge in [0.15, 0.2) is 5.82 Å². The molecule has 0 saturated carbocycles. The van der Waals surface area contributed by atoms with Crippen LogP contribution in [0.2, 0.25) is 0 Å². The smallest absolute Gasteiger partial charge is 0.409 e. The Balaban J connectivity index is 1.67.